The normalized spacial score (nSPS) is 21.7. The predicted octanol–water partition coefficient (Wildman–Crippen LogP) is 19.7. The lowest BCUT2D eigenvalue weighted by molar-refractivity contribution is 0.332. The maximum absolute atomic E-state index is 2.81. The number of hydrogen-bond donors (Lipinski definition) is 0. The average Bonchev–Trinajstić information content (AvgIpc) is 3.51. The standard InChI is InChI=1S/C75H91BN2S/c1-44-35-61-64-62(36-44)78(59-26-22-46(67(2,3)4)38-48(59)45-21-24-50-52(37-45)70(9,10)29-27-68(50,5)6)65-49-40-54-57(75(19,20)34-31-72(54,13)14)43-63(49)79-66(65)76(64)58-41-55-56(74(17,18)33-32-73(55,15)16)42-60(58)77(61)47-23-25-51-53(39-47)71(11,12)30-28-69(51,7)8/h21-26,35-43H,27-34H2,1-20H3. The summed E-state index contributed by atoms with van der Waals surface area (Å²) >= 11 is 2.10. The van der Waals surface area contributed by atoms with Gasteiger partial charge in [-0.1, -0.05) is 168 Å². The van der Waals surface area contributed by atoms with E-state index in [2.05, 4.69) is 251 Å². The molecule has 0 unspecified atom stereocenters. The molecule has 4 aliphatic carbocycles. The summed E-state index contributed by atoms with van der Waals surface area (Å²) in [6.07, 6.45) is 9.52. The number of nitrogens with zero attached hydrogens (tertiary/aromatic N) is 2. The molecular weight excluding hydrogens is 972 g/mol. The van der Waals surface area contributed by atoms with Gasteiger partial charge in [0.25, 0.3) is 6.71 Å². The van der Waals surface area contributed by atoms with E-state index in [1.54, 1.807) is 0 Å². The molecule has 0 amide bonds. The largest absolute Gasteiger partial charge is 0.311 e. The van der Waals surface area contributed by atoms with Gasteiger partial charge in [-0.2, -0.15) is 0 Å². The van der Waals surface area contributed by atoms with E-state index in [1.807, 2.05) is 0 Å². The van der Waals surface area contributed by atoms with Crippen molar-refractivity contribution in [1.82, 2.24) is 0 Å². The Morgan fingerprint density at radius 1 is 0.418 bits per heavy atom. The highest BCUT2D eigenvalue weighted by atomic mass is 32.1. The van der Waals surface area contributed by atoms with Crippen LogP contribution in [-0.2, 0) is 48.7 Å². The minimum atomic E-state index is -0.0414. The Kier molecular flexibility index (Phi) is 11.2. The molecule has 1 aromatic heterocycles. The van der Waals surface area contributed by atoms with Crippen LogP contribution in [-0.4, -0.2) is 6.71 Å². The zero-order valence-electron chi connectivity index (χ0n) is 52.2. The van der Waals surface area contributed by atoms with Gasteiger partial charge in [0, 0.05) is 43.2 Å². The Morgan fingerprint density at radius 2 is 0.873 bits per heavy atom. The number of aryl methyl sites for hydroxylation is 1. The Labute approximate surface area is 481 Å². The van der Waals surface area contributed by atoms with E-state index in [0.717, 1.165) is 0 Å². The fourth-order valence-electron chi connectivity index (χ4n) is 16.2. The minimum Gasteiger partial charge on any atom is -0.311 e. The second-order valence-corrected chi connectivity index (χ2v) is 33.6. The van der Waals surface area contributed by atoms with Crippen LogP contribution < -0.4 is 25.5 Å². The van der Waals surface area contributed by atoms with Crippen LogP contribution >= 0.6 is 11.3 Å². The molecule has 7 aromatic rings. The summed E-state index contributed by atoms with van der Waals surface area (Å²) in [7, 11) is 0. The second-order valence-electron chi connectivity index (χ2n) is 32.5. The van der Waals surface area contributed by atoms with Crippen molar-refractivity contribution in [2.45, 2.75) is 239 Å². The first-order valence-electron chi connectivity index (χ1n) is 30.6. The number of hydrogen-bond acceptors (Lipinski definition) is 3. The van der Waals surface area contributed by atoms with Crippen LogP contribution in [0.2, 0.25) is 0 Å². The summed E-state index contributed by atoms with van der Waals surface area (Å²) in [6, 6.07) is 38.8. The lowest BCUT2D eigenvalue weighted by atomic mass is 9.35. The predicted molar refractivity (Wildman–Crippen MR) is 346 cm³/mol. The summed E-state index contributed by atoms with van der Waals surface area (Å²) in [5.41, 5.74) is 28.9. The van der Waals surface area contributed by atoms with Crippen molar-refractivity contribution >= 4 is 78.0 Å². The van der Waals surface area contributed by atoms with Crippen molar-refractivity contribution in [1.29, 1.82) is 0 Å². The highest BCUT2D eigenvalue weighted by Gasteiger charge is 2.50. The summed E-state index contributed by atoms with van der Waals surface area (Å²) in [6.45, 7) is 49.5. The molecule has 0 N–H and O–H groups in total. The van der Waals surface area contributed by atoms with Gasteiger partial charge >= 0.3 is 0 Å². The molecule has 4 heteroatoms. The first-order chi connectivity index (χ1) is 36.6. The number of rotatable bonds is 3. The number of fused-ring (bicyclic) bond motifs is 10. The van der Waals surface area contributed by atoms with Gasteiger partial charge in [-0.25, -0.2) is 0 Å². The third kappa shape index (κ3) is 7.87. The molecule has 6 aromatic carbocycles. The van der Waals surface area contributed by atoms with Gasteiger partial charge in [-0.3, -0.25) is 0 Å². The van der Waals surface area contributed by atoms with Gasteiger partial charge in [0.15, 0.2) is 0 Å². The highest BCUT2D eigenvalue weighted by molar-refractivity contribution is 7.33. The van der Waals surface area contributed by atoms with Crippen LogP contribution in [0, 0.1) is 6.92 Å². The van der Waals surface area contributed by atoms with Gasteiger partial charge in [0.1, 0.15) is 0 Å². The van der Waals surface area contributed by atoms with E-state index in [9.17, 15) is 0 Å². The zero-order valence-corrected chi connectivity index (χ0v) is 53.0. The van der Waals surface area contributed by atoms with Gasteiger partial charge in [-0.05, 0) is 234 Å². The SMILES string of the molecule is Cc1cc2c3c(c1)N(c1ccc(C(C)(C)C)cc1-c1ccc4c(c1)C(C)(C)CCC4(C)C)c1c(sc4cc5c(cc14)C(C)(C)CCC5(C)C)B3c1cc3c(cc1N2c1ccc2c(c1)C(C)(C)CCC2(C)C)C(C)(C)CCC3(C)C. The van der Waals surface area contributed by atoms with Crippen LogP contribution in [0.1, 0.15) is 239 Å². The Hall–Kier alpha value is -5.06. The van der Waals surface area contributed by atoms with E-state index in [-0.39, 0.29) is 55.4 Å². The fourth-order valence-corrected chi connectivity index (χ4v) is 17.5. The fraction of sp³-hybridized carbons (Fsp3) is 0.493. The van der Waals surface area contributed by atoms with Crippen molar-refractivity contribution in [2.24, 2.45) is 0 Å². The minimum absolute atomic E-state index is 0.0414. The number of anilines is 6. The molecule has 79 heavy (non-hydrogen) atoms. The molecule has 3 heterocycles. The van der Waals surface area contributed by atoms with Gasteiger partial charge < -0.3 is 9.80 Å². The molecule has 2 nitrogen and oxygen atoms in total. The molecule has 0 radical (unpaired) electrons. The summed E-state index contributed by atoms with van der Waals surface area (Å²) < 4.78 is 2.89. The maximum Gasteiger partial charge on any atom is 0.264 e. The molecule has 0 spiro atoms. The van der Waals surface area contributed by atoms with Crippen LogP contribution in [0.3, 0.4) is 0 Å². The Balaban J connectivity index is 1.17. The van der Waals surface area contributed by atoms with E-state index in [1.165, 1.54) is 178 Å². The van der Waals surface area contributed by atoms with Gasteiger partial charge in [0.05, 0.1) is 11.4 Å². The third-order valence-electron chi connectivity index (χ3n) is 22.1. The lowest BCUT2D eigenvalue weighted by Gasteiger charge is -2.47. The van der Waals surface area contributed by atoms with Crippen LogP contribution in [0.4, 0.5) is 34.1 Å². The van der Waals surface area contributed by atoms with Crippen molar-refractivity contribution in [3.05, 3.63) is 147 Å². The molecule has 0 atom stereocenters. The molecule has 0 fully saturated rings. The smallest absolute Gasteiger partial charge is 0.264 e. The molecule has 13 rings (SSSR count). The molecule has 6 aliphatic rings. The summed E-state index contributed by atoms with van der Waals surface area (Å²) in [4.78, 5) is 5.57. The molecule has 0 bridgehead atoms. The van der Waals surface area contributed by atoms with Crippen molar-refractivity contribution in [3.63, 3.8) is 0 Å². The van der Waals surface area contributed by atoms with Crippen LogP contribution in [0.15, 0.2) is 91.0 Å². The number of benzene rings is 6. The van der Waals surface area contributed by atoms with Crippen LogP contribution in [0.25, 0.3) is 21.2 Å². The zero-order chi connectivity index (χ0) is 56.5. The highest BCUT2D eigenvalue weighted by Crippen LogP contribution is 2.57. The molecule has 0 saturated heterocycles. The molecular formula is C75H91BN2S. The third-order valence-corrected chi connectivity index (χ3v) is 23.3. The number of thiophene rings is 1. The average molecular weight is 1060 g/mol. The summed E-state index contributed by atoms with van der Waals surface area (Å²) in [5, 5.41) is 1.40. The van der Waals surface area contributed by atoms with Crippen LogP contribution in [0.5, 0.6) is 0 Å². The first kappa shape index (κ1) is 53.3. The quantitative estimate of drug-likeness (QED) is 0.163. The lowest BCUT2D eigenvalue weighted by Crippen LogP contribution is -2.61. The first-order valence-corrected chi connectivity index (χ1v) is 31.4. The van der Waals surface area contributed by atoms with Gasteiger partial charge in [-0.15, -0.1) is 11.3 Å². The monoisotopic (exact) mass is 1060 g/mol. The summed E-state index contributed by atoms with van der Waals surface area (Å²) in [5.74, 6) is 0. The molecule has 410 valence electrons. The van der Waals surface area contributed by atoms with E-state index < -0.39 is 0 Å². The van der Waals surface area contributed by atoms with E-state index >= 15 is 0 Å². The van der Waals surface area contributed by atoms with Crippen molar-refractivity contribution in [2.75, 3.05) is 9.80 Å². The topological polar surface area (TPSA) is 6.48 Å². The van der Waals surface area contributed by atoms with E-state index in [0.29, 0.717) is 0 Å². The molecule has 2 aliphatic heterocycles. The molecule has 0 saturated carbocycles. The Morgan fingerprint density at radius 3 is 1.42 bits per heavy atom. The van der Waals surface area contributed by atoms with Gasteiger partial charge in [0.2, 0.25) is 0 Å². The maximum atomic E-state index is 2.81. The van der Waals surface area contributed by atoms with E-state index in [4.69, 9.17) is 0 Å². The Bertz CT molecular complexity index is 3760. The van der Waals surface area contributed by atoms with Crippen molar-refractivity contribution in [3.8, 4) is 11.1 Å². The van der Waals surface area contributed by atoms with Crippen molar-refractivity contribution < 1.29 is 0 Å². The second kappa shape index (κ2) is 16.6.